The average molecular weight is 443 g/mol. The number of pyridine rings is 1. The number of alkyl halides is 3. The van der Waals surface area contributed by atoms with Crippen LogP contribution in [0.4, 0.5) is 19.1 Å². The molecule has 3 heterocycles. The molecule has 4 rings (SSSR count). The third-order valence-corrected chi connectivity index (χ3v) is 5.42. The van der Waals surface area contributed by atoms with Crippen molar-refractivity contribution in [1.29, 1.82) is 0 Å². The van der Waals surface area contributed by atoms with E-state index in [1.807, 2.05) is 4.57 Å². The first-order chi connectivity index (χ1) is 15.3. The molecule has 2 aromatic heterocycles. The zero-order valence-electron chi connectivity index (χ0n) is 17.0. The monoisotopic (exact) mass is 443 g/mol. The van der Waals surface area contributed by atoms with E-state index in [4.69, 9.17) is 0 Å². The lowest BCUT2D eigenvalue weighted by molar-refractivity contribution is -0.137. The summed E-state index contributed by atoms with van der Waals surface area (Å²) >= 11 is 0. The predicted molar refractivity (Wildman–Crippen MR) is 112 cm³/mol. The van der Waals surface area contributed by atoms with E-state index in [1.165, 1.54) is 18.2 Å². The number of hydrogen-bond acceptors (Lipinski definition) is 4. The average Bonchev–Trinajstić information content (AvgIpc) is 3.15. The minimum absolute atomic E-state index is 0.135. The van der Waals surface area contributed by atoms with E-state index in [1.54, 1.807) is 23.4 Å². The fourth-order valence-corrected chi connectivity index (χ4v) is 3.91. The number of nitrogens with zero attached hydrogens (tertiary/aromatic N) is 4. The Bertz CT molecular complexity index is 1190. The number of fused-ring (bicyclic) bond motifs is 1. The summed E-state index contributed by atoms with van der Waals surface area (Å²) in [6.07, 6.45) is 1.32. The van der Waals surface area contributed by atoms with Crippen molar-refractivity contribution in [2.75, 3.05) is 18.4 Å². The van der Waals surface area contributed by atoms with Gasteiger partial charge in [0.2, 0.25) is 11.9 Å². The van der Waals surface area contributed by atoms with Gasteiger partial charge in [0.05, 0.1) is 23.3 Å². The van der Waals surface area contributed by atoms with E-state index in [9.17, 15) is 22.8 Å². The van der Waals surface area contributed by atoms with E-state index in [-0.39, 0.29) is 23.5 Å². The van der Waals surface area contributed by atoms with E-state index in [0.717, 1.165) is 25.0 Å². The van der Waals surface area contributed by atoms with Crippen LogP contribution in [0, 0.1) is 0 Å². The molecule has 1 aliphatic rings. The van der Waals surface area contributed by atoms with Gasteiger partial charge in [-0.2, -0.15) is 13.2 Å². The van der Waals surface area contributed by atoms with Crippen molar-refractivity contribution in [3.63, 3.8) is 0 Å². The maximum atomic E-state index is 13.0. The van der Waals surface area contributed by atoms with Crippen molar-refractivity contribution in [2.24, 2.45) is 0 Å². The van der Waals surface area contributed by atoms with Gasteiger partial charge >= 0.3 is 6.18 Å². The Morgan fingerprint density at radius 1 is 1.25 bits per heavy atom. The van der Waals surface area contributed by atoms with E-state index in [0.29, 0.717) is 24.1 Å². The lowest BCUT2D eigenvalue weighted by Crippen LogP contribution is -2.40. The van der Waals surface area contributed by atoms with Crippen LogP contribution >= 0.6 is 0 Å². The van der Waals surface area contributed by atoms with E-state index in [2.05, 4.69) is 21.9 Å². The van der Waals surface area contributed by atoms with E-state index >= 15 is 0 Å². The minimum atomic E-state index is -4.56. The highest BCUT2D eigenvalue weighted by atomic mass is 19.4. The molecule has 10 heteroatoms. The number of halogens is 3. The Kier molecular flexibility index (Phi) is 5.68. The molecule has 1 fully saturated rings. The fraction of sp³-hybridized carbons (Fsp3) is 0.273. The number of likely N-dealkylation sites (tertiary alicyclic amines) is 1. The van der Waals surface area contributed by atoms with Crippen LogP contribution in [-0.4, -0.2) is 44.3 Å². The van der Waals surface area contributed by atoms with Gasteiger partial charge < -0.3 is 9.47 Å². The fourth-order valence-electron chi connectivity index (χ4n) is 3.91. The second kappa shape index (κ2) is 8.45. The zero-order valence-corrected chi connectivity index (χ0v) is 17.0. The maximum absolute atomic E-state index is 13.0. The number of anilines is 1. The Labute approximate surface area is 181 Å². The van der Waals surface area contributed by atoms with Crippen LogP contribution in [0.1, 0.15) is 34.8 Å². The quantitative estimate of drug-likeness (QED) is 0.617. The number of nitrogens with one attached hydrogen (secondary N) is 1. The third-order valence-electron chi connectivity index (χ3n) is 5.42. The highest BCUT2D eigenvalue weighted by Gasteiger charge is 2.31. The molecule has 7 nitrogen and oxygen atoms in total. The summed E-state index contributed by atoms with van der Waals surface area (Å²) in [5.74, 6) is -0.709. The first-order valence-electron chi connectivity index (χ1n) is 10.00. The van der Waals surface area contributed by atoms with Crippen LogP contribution in [0.5, 0.6) is 0 Å². The third kappa shape index (κ3) is 4.20. The normalized spacial score (nSPS) is 16.7. The van der Waals surface area contributed by atoms with Crippen molar-refractivity contribution in [3.8, 4) is 0 Å². The molecule has 0 radical (unpaired) electrons. The molecule has 1 atom stereocenters. The van der Waals surface area contributed by atoms with Crippen molar-refractivity contribution >= 4 is 28.8 Å². The molecule has 3 aromatic rings. The Hall–Kier alpha value is -3.69. The van der Waals surface area contributed by atoms with Gasteiger partial charge in [-0.15, -0.1) is 0 Å². The minimum Gasteiger partial charge on any atom is -0.337 e. The number of imidazole rings is 1. The zero-order chi connectivity index (χ0) is 22.9. The van der Waals surface area contributed by atoms with Crippen molar-refractivity contribution in [2.45, 2.75) is 25.1 Å². The molecule has 2 amide bonds. The molecule has 0 bridgehead atoms. The van der Waals surface area contributed by atoms with Gasteiger partial charge in [-0.1, -0.05) is 12.6 Å². The SMILES string of the molecule is C=CC(=O)N1CCCC(n2c(NC(=O)c3cccc(C(F)(F)F)c3)nc3cnccc32)C1. The number of piperidine rings is 1. The van der Waals surface area contributed by atoms with Crippen LogP contribution in [0.3, 0.4) is 0 Å². The second-order valence-electron chi connectivity index (χ2n) is 7.49. The molecular weight excluding hydrogens is 423 g/mol. The summed E-state index contributed by atoms with van der Waals surface area (Å²) in [5.41, 5.74) is 0.189. The maximum Gasteiger partial charge on any atom is 0.416 e. The molecular formula is C22H20F3N5O2. The Balaban J connectivity index is 1.69. The van der Waals surface area contributed by atoms with Crippen molar-refractivity contribution in [3.05, 3.63) is 66.5 Å². The van der Waals surface area contributed by atoms with Gasteiger partial charge in [0, 0.05) is 24.8 Å². The number of rotatable bonds is 4. The molecule has 0 saturated carbocycles. The van der Waals surface area contributed by atoms with Gasteiger partial charge in [-0.25, -0.2) is 4.98 Å². The van der Waals surface area contributed by atoms with Gasteiger partial charge in [0.1, 0.15) is 5.52 Å². The van der Waals surface area contributed by atoms with Gasteiger partial charge in [-0.3, -0.25) is 19.9 Å². The number of aromatic nitrogens is 3. The number of benzene rings is 1. The number of carbonyl (C=O) groups excluding carboxylic acids is 2. The molecule has 166 valence electrons. The highest BCUT2D eigenvalue weighted by molar-refractivity contribution is 6.04. The molecule has 1 aromatic carbocycles. The molecule has 1 saturated heterocycles. The number of carbonyl (C=O) groups is 2. The first kappa shape index (κ1) is 21.5. The Morgan fingerprint density at radius 3 is 2.81 bits per heavy atom. The molecule has 0 aliphatic carbocycles. The first-order valence-corrected chi connectivity index (χ1v) is 10.00. The molecule has 32 heavy (non-hydrogen) atoms. The summed E-state index contributed by atoms with van der Waals surface area (Å²) in [4.78, 5) is 35.1. The standard InChI is InChI=1S/C22H20F3N5O2/c1-2-19(31)29-10-4-7-16(13-29)30-18-8-9-26-12-17(18)27-21(30)28-20(32)14-5-3-6-15(11-14)22(23,24)25/h2-3,5-6,8-9,11-12,16H,1,4,7,10,13H2,(H,27,28,32). The topological polar surface area (TPSA) is 80.1 Å². The van der Waals surface area contributed by atoms with Gasteiger partial charge in [0.25, 0.3) is 5.91 Å². The van der Waals surface area contributed by atoms with Gasteiger partial charge in [0.15, 0.2) is 0 Å². The summed E-state index contributed by atoms with van der Waals surface area (Å²) in [6, 6.07) is 5.77. The second-order valence-corrected chi connectivity index (χ2v) is 7.49. The van der Waals surface area contributed by atoms with Crippen LogP contribution in [0.2, 0.25) is 0 Å². The smallest absolute Gasteiger partial charge is 0.337 e. The van der Waals surface area contributed by atoms with Crippen LogP contribution < -0.4 is 5.32 Å². The lowest BCUT2D eigenvalue weighted by atomic mass is 10.0. The van der Waals surface area contributed by atoms with Crippen LogP contribution in [-0.2, 0) is 11.0 Å². The summed E-state index contributed by atoms with van der Waals surface area (Å²) in [7, 11) is 0. The van der Waals surface area contributed by atoms with Crippen LogP contribution in [0.15, 0.2) is 55.4 Å². The predicted octanol–water partition coefficient (Wildman–Crippen LogP) is 4.05. The number of hydrogen-bond donors (Lipinski definition) is 1. The van der Waals surface area contributed by atoms with Crippen molar-refractivity contribution < 1.29 is 22.8 Å². The molecule has 1 N–H and O–H groups in total. The Morgan fingerprint density at radius 2 is 2.06 bits per heavy atom. The summed E-state index contributed by atoms with van der Waals surface area (Å²) in [5, 5.41) is 2.64. The van der Waals surface area contributed by atoms with E-state index < -0.39 is 17.6 Å². The molecule has 1 aliphatic heterocycles. The van der Waals surface area contributed by atoms with Gasteiger partial charge in [-0.05, 0) is 43.2 Å². The summed E-state index contributed by atoms with van der Waals surface area (Å²) in [6.45, 7) is 4.53. The summed E-state index contributed by atoms with van der Waals surface area (Å²) < 4.78 is 40.9. The largest absolute Gasteiger partial charge is 0.416 e. The molecule has 0 spiro atoms. The van der Waals surface area contributed by atoms with Crippen LogP contribution in [0.25, 0.3) is 11.0 Å². The molecule has 1 unspecified atom stereocenters. The highest BCUT2D eigenvalue weighted by Crippen LogP contribution is 2.32. The van der Waals surface area contributed by atoms with Crippen molar-refractivity contribution in [1.82, 2.24) is 19.4 Å². The number of amides is 2. The lowest BCUT2D eigenvalue weighted by Gasteiger charge is -2.33.